The van der Waals surface area contributed by atoms with Gasteiger partial charge in [-0.3, -0.25) is 4.79 Å². The van der Waals surface area contributed by atoms with E-state index in [0.29, 0.717) is 6.54 Å². The molecule has 0 aliphatic carbocycles. The van der Waals surface area contributed by atoms with Gasteiger partial charge in [-0.15, -0.1) is 0 Å². The van der Waals surface area contributed by atoms with E-state index in [1.165, 1.54) is 11.0 Å². The molecule has 0 saturated carbocycles. The van der Waals surface area contributed by atoms with Crippen LogP contribution in [0.2, 0.25) is 0 Å². The lowest BCUT2D eigenvalue weighted by atomic mass is 9.86. The van der Waals surface area contributed by atoms with Gasteiger partial charge in [-0.1, -0.05) is 32.9 Å². The molecule has 0 bridgehead atoms. The zero-order chi connectivity index (χ0) is 15.3. The molecule has 112 valence electrons. The average Bonchev–Trinajstić information content (AvgIpc) is 2.38. The maximum Gasteiger partial charge on any atom is 0.239 e. The maximum absolute atomic E-state index is 13.3. The first-order chi connectivity index (χ1) is 9.23. The van der Waals surface area contributed by atoms with Crippen molar-refractivity contribution in [1.29, 1.82) is 0 Å². The molecule has 1 aromatic carbocycles. The van der Waals surface area contributed by atoms with Crippen molar-refractivity contribution in [1.82, 2.24) is 4.90 Å². The first-order valence-corrected chi connectivity index (χ1v) is 6.61. The molecule has 20 heavy (non-hydrogen) atoms. The summed E-state index contributed by atoms with van der Waals surface area (Å²) in [7, 11) is 1.67. The van der Waals surface area contributed by atoms with Crippen LogP contribution in [0, 0.1) is 11.2 Å². The van der Waals surface area contributed by atoms with Gasteiger partial charge in [-0.2, -0.15) is 0 Å². The summed E-state index contributed by atoms with van der Waals surface area (Å²) in [5.74, 6) is -0.365. The number of amides is 1. The number of rotatable bonds is 5. The third kappa shape index (κ3) is 4.49. The minimum absolute atomic E-state index is 0.144. The molecule has 0 radical (unpaired) electrons. The van der Waals surface area contributed by atoms with Crippen molar-refractivity contribution in [2.75, 3.05) is 20.2 Å². The third-order valence-electron chi connectivity index (χ3n) is 3.10. The Hall–Kier alpha value is -1.62. The van der Waals surface area contributed by atoms with Gasteiger partial charge in [0, 0.05) is 7.05 Å². The van der Waals surface area contributed by atoms with Crippen LogP contribution in [0.3, 0.4) is 0 Å². The first-order valence-electron chi connectivity index (χ1n) is 6.61. The van der Waals surface area contributed by atoms with Crippen LogP contribution in [-0.4, -0.2) is 37.0 Å². The summed E-state index contributed by atoms with van der Waals surface area (Å²) in [6.07, 6.45) is 0. The van der Waals surface area contributed by atoms with Gasteiger partial charge in [0.1, 0.15) is 6.61 Å². The van der Waals surface area contributed by atoms with Crippen molar-refractivity contribution in [3.63, 3.8) is 0 Å². The first kappa shape index (κ1) is 16.4. The molecule has 0 unspecified atom stereocenters. The molecule has 0 aliphatic heterocycles. The molecule has 1 amide bonds. The summed E-state index contributed by atoms with van der Waals surface area (Å²) in [5.41, 5.74) is 5.62. The zero-order valence-electron chi connectivity index (χ0n) is 12.5. The molecule has 0 fully saturated rings. The van der Waals surface area contributed by atoms with Crippen molar-refractivity contribution in [2.45, 2.75) is 26.8 Å². The van der Waals surface area contributed by atoms with Crippen molar-refractivity contribution in [3.05, 3.63) is 30.1 Å². The lowest BCUT2D eigenvalue weighted by Gasteiger charge is -2.29. The van der Waals surface area contributed by atoms with Gasteiger partial charge in [0.15, 0.2) is 11.6 Å². The Morgan fingerprint density at radius 3 is 2.55 bits per heavy atom. The van der Waals surface area contributed by atoms with Gasteiger partial charge in [-0.05, 0) is 17.5 Å². The lowest BCUT2D eigenvalue weighted by Crippen LogP contribution is -2.50. The van der Waals surface area contributed by atoms with Crippen LogP contribution in [0.1, 0.15) is 20.8 Å². The summed E-state index contributed by atoms with van der Waals surface area (Å²) in [5, 5.41) is 0. The van der Waals surface area contributed by atoms with Crippen molar-refractivity contribution in [3.8, 4) is 5.75 Å². The number of para-hydroxylation sites is 1. The Morgan fingerprint density at radius 2 is 2.00 bits per heavy atom. The molecule has 0 saturated heterocycles. The Morgan fingerprint density at radius 1 is 1.40 bits per heavy atom. The summed E-state index contributed by atoms with van der Waals surface area (Å²) in [6, 6.07) is 5.61. The number of likely N-dealkylation sites (N-methyl/N-ethyl adjacent to an activating group) is 1. The summed E-state index contributed by atoms with van der Waals surface area (Å²) in [6.45, 7) is 6.33. The molecule has 1 rings (SSSR count). The molecule has 0 aromatic heterocycles. The number of carbonyl (C=O) groups is 1. The number of hydrogen-bond acceptors (Lipinski definition) is 3. The van der Waals surface area contributed by atoms with Gasteiger partial charge in [0.25, 0.3) is 0 Å². The molecule has 2 N–H and O–H groups in total. The molecule has 0 aliphatic rings. The van der Waals surface area contributed by atoms with E-state index in [0.717, 1.165) is 0 Å². The minimum atomic E-state index is -0.569. The fourth-order valence-corrected chi connectivity index (χ4v) is 1.57. The monoisotopic (exact) mass is 282 g/mol. The molecule has 5 heteroatoms. The number of nitrogens with zero attached hydrogens (tertiary/aromatic N) is 1. The van der Waals surface area contributed by atoms with Gasteiger partial charge in [0.05, 0.1) is 12.6 Å². The fourth-order valence-electron chi connectivity index (χ4n) is 1.57. The van der Waals surface area contributed by atoms with Crippen LogP contribution in [-0.2, 0) is 4.79 Å². The second-order valence-electron chi connectivity index (χ2n) is 5.88. The predicted octanol–water partition coefficient (Wildman–Crippen LogP) is 2.04. The van der Waals surface area contributed by atoms with Crippen molar-refractivity contribution < 1.29 is 13.9 Å². The van der Waals surface area contributed by atoms with E-state index in [9.17, 15) is 9.18 Å². The Balaban J connectivity index is 2.46. The number of halogens is 1. The van der Waals surface area contributed by atoms with Crippen molar-refractivity contribution in [2.24, 2.45) is 11.1 Å². The van der Waals surface area contributed by atoms with E-state index >= 15 is 0 Å². The number of nitrogens with two attached hydrogens (primary N) is 1. The third-order valence-corrected chi connectivity index (χ3v) is 3.10. The second kappa shape index (κ2) is 6.70. The Kier molecular flexibility index (Phi) is 5.51. The minimum Gasteiger partial charge on any atom is -0.489 e. The number of hydrogen-bond donors (Lipinski definition) is 1. The molecule has 0 spiro atoms. The topological polar surface area (TPSA) is 55.6 Å². The normalized spacial score (nSPS) is 12.9. The predicted molar refractivity (Wildman–Crippen MR) is 77.0 cm³/mol. The maximum atomic E-state index is 13.3. The molecule has 1 atom stereocenters. The van der Waals surface area contributed by atoms with Gasteiger partial charge in [0.2, 0.25) is 5.91 Å². The number of benzene rings is 1. The Bertz CT molecular complexity index is 457. The highest BCUT2D eigenvalue weighted by Gasteiger charge is 2.29. The largest absolute Gasteiger partial charge is 0.489 e. The highest BCUT2D eigenvalue weighted by atomic mass is 19.1. The standard InChI is InChI=1S/C15H23FN2O2/c1-15(2,3)13(17)14(19)18(4)9-10-20-12-8-6-5-7-11(12)16/h5-8,13H,9-10,17H2,1-4H3/t13-/m1/s1. The zero-order valence-corrected chi connectivity index (χ0v) is 12.5. The van der Waals surface area contributed by atoms with E-state index in [4.69, 9.17) is 10.5 Å². The summed E-state index contributed by atoms with van der Waals surface area (Å²) < 4.78 is 18.6. The van der Waals surface area contributed by atoms with Gasteiger partial charge >= 0.3 is 0 Å². The van der Waals surface area contributed by atoms with Crippen LogP contribution in [0.15, 0.2) is 24.3 Å². The lowest BCUT2D eigenvalue weighted by molar-refractivity contribution is -0.133. The van der Waals surface area contributed by atoms with E-state index in [1.54, 1.807) is 25.2 Å². The van der Waals surface area contributed by atoms with Crippen LogP contribution < -0.4 is 10.5 Å². The van der Waals surface area contributed by atoms with Crippen LogP contribution in [0.5, 0.6) is 5.75 Å². The van der Waals surface area contributed by atoms with E-state index in [2.05, 4.69) is 0 Å². The molecule has 0 heterocycles. The second-order valence-corrected chi connectivity index (χ2v) is 5.88. The number of carbonyl (C=O) groups excluding carboxylic acids is 1. The van der Waals surface area contributed by atoms with Crippen LogP contribution in [0.25, 0.3) is 0 Å². The van der Waals surface area contributed by atoms with Gasteiger partial charge in [-0.25, -0.2) is 4.39 Å². The molecular formula is C15H23FN2O2. The van der Waals surface area contributed by atoms with Crippen molar-refractivity contribution >= 4 is 5.91 Å². The smallest absolute Gasteiger partial charge is 0.239 e. The van der Waals surface area contributed by atoms with Crippen LogP contribution in [0.4, 0.5) is 4.39 Å². The summed E-state index contributed by atoms with van der Waals surface area (Å²) >= 11 is 0. The van der Waals surface area contributed by atoms with E-state index in [1.807, 2.05) is 20.8 Å². The summed E-state index contributed by atoms with van der Waals surface area (Å²) in [4.78, 5) is 13.6. The van der Waals surface area contributed by atoms with E-state index < -0.39 is 11.9 Å². The molecule has 4 nitrogen and oxygen atoms in total. The van der Waals surface area contributed by atoms with Crippen LogP contribution >= 0.6 is 0 Å². The SMILES string of the molecule is CN(CCOc1ccccc1F)C(=O)[C@@H](N)C(C)(C)C. The highest BCUT2D eigenvalue weighted by molar-refractivity contribution is 5.82. The average molecular weight is 282 g/mol. The van der Waals surface area contributed by atoms with Gasteiger partial charge < -0.3 is 15.4 Å². The highest BCUT2D eigenvalue weighted by Crippen LogP contribution is 2.19. The quantitative estimate of drug-likeness (QED) is 0.899. The molecular weight excluding hydrogens is 259 g/mol. The Labute approximate surface area is 119 Å². The molecule has 1 aromatic rings. The fraction of sp³-hybridized carbons (Fsp3) is 0.533. The number of ether oxygens (including phenoxy) is 1. The van der Waals surface area contributed by atoms with E-state index in [-0.39, 0.29) is 23.7 Å².